The van der Waals surface area contributed by atoms with Gasteiger partial charge in [0.1, 0.15) is 0 Å². The maximum atomic E-state index is 6.21. The van der Waals surface area contributed by atoms with Gasteiger partial charge < -0.3 is 10.1 Å². The lowest BCUT2D eigenvalue weighted by Crippen LogP contribution is -2.50. The number of nitrogens with one attached hydrogen (secondary N) is 1. The molecule has 0 radical (unpaired) electrons. The van der Waals surface area contributed by atoms with Crippen LogP contribution in [-0.2, 0) is 11.3 Å². The highest BCUT2D eigenvalue weighted by Gasteiger charge is 2.36. The molecule has 0 saturated carbocycles. The van der Waals surface area contributed by atoms with Crippen molar-refractivity contribution >= 4 is 0 Å². The molecule has 3 atom stereocenters. The maximum Gasteiger partial charge on any atom is 0.0898 e. The van der Waals surface area contributed by atoms with E-state index >= 15 is 0 Å². The van der Waals surface area contributed by atoms with Gasteiger partial charge in [0.25, 0.3) is 0 Å². The van der Waals surface area contributed by atoms with Crippen LogP contribution < -0.4 is 5.32 Å². The van der Waals surface area contributed by atoms with E-state index < -0.39 is 0 Å². The Morgan fingerprint density at radius 3 is 3.14 bits per heavy atom. The number of rotatable bonds is 6. The maximum absolute atomic E-state index is 6.21. The molecule has 5 nitrogen and oxygen atoms in total. The van der Waals surface area contributed by atoms with Crippen molar-refractivity contribution in [2.75, 3.05) is 26.2 Å². The predicted octanol–water partition coefficient (Wildman–Crippen LogP) is 1.81. The second kappa shape index (κ2) is 6.90. The summed E-state index contributed by atoms with van der Waals surface area (Å²) in [7, 11) is 0. The van der Waals surface area contributed by atoms with Crippen LogP contribution in [0, 0.1) is 0 Å². The van der Waals surface area contributed by atoms with Gasteiger partial charge in [-0.3, -0.25) is 9.58 Å². The minimum absolute atomic E-state index is 0.236. The van der Waals surface area contributed by atoms with Crippen molar-refractivity contribution in [1.82, 2.24) is 20.0 Å². The van der Waals surface area contributed by atoms with Gasteiger partial charge in [-0.1, -0.05) is 6.92 Å². The molecule has 1 N–H and O–H groups in total. The smallest absolute Gasteiger partial charge is 0.0898 e. The minimum atomic E-state index is 0.236. The molecule has 2 aliphatic heterocycles. The lowest BCUT2D eigenvalue weighted by Gasteiger charge is -2.39. The van der Waals surface area contributed by atoms with Crippen molar-refractivity contribution in [3.05, 3.63) is 18.0 Å². The standard InChI is InChI=1S/C16H28N4O/c1-3-7-17-16(13-9-18-20(4-2)10-13)15-11-19-8-5-6-14(19)12-21-15/h9-10,14-17H,3-8,11-12H2,1-2H3. The van der Waals surface area contributed by atoms with E-state index in [9.17, 15) is 0 Å². The van der Waals surface area contributed by atoms with Crippen molar-refractivity contribution in [1.29, 1.82) is 0 Å². The second-order valence-corrected chi connectivity index (χ2v) is 6.22. The Labute approximate surface area is 127 Å². The summed E-state index contributed by atoms with van der Waals surface area (Å²) in [6.07, 6.45) is 8.15. The normalized spacial score (nSPS) is 27.7. The van der Waals surface area contributed by atoms with Gasteiger partial charge in [-0.15, -0.1) is 0 Å². The molecule has 0 aromatic carbocycles. The summed E-state index contributed by atoms with van der Waals surface area (Å²) in [6, 6.07) is 0.915. The average molecular weight is 292 g/mol. The van der Waals surface area contributed by atoms with Crippen molar-refractivity contribution in [3.63, 3.8) is 0 Å². The zero-order valence-electron chi connectivity index (χ0n) is 13.3. The molecule has 0 amide bonds. The van der Waals surface area contributed by atoms with Crippen molar-refractivity contribution in [2.45, 2.75) is 57.8 Å². The molecule has 1 aromatic heterocycles. The molecule has 1 aromatic rings. The molecular weight excluding hydrogens is 264 g/mol. The van der Waals surface area contributed by atoms with Crippen molar-refractivity contribution in [2.24, 2.45) is 0 Å². The molecule has 0 spiro atoms. The zero-order chi connectivity index (χ0) is 14.7. The van der Waals surface area contributed by atoms with E-state index in [1.54, 1.807) is 0 Å². The summed E-state index contributed by atoms with van der Waals surface area (Å²) < 4.78 is 8.20. The Hall–Kier alpha value is -0.910. The fourth-order valence-electron chi connectivity index (χ4n) is 3.52. The third-order valence-electron chi connectivity index (χ3n) is 4.74. The summed E-state index contributed by atoms with van der Waals surface area (Å²) in [5.74, 6) is 0. The van der Waals surface area contributed by atoms with Gasteiger partial charge in [0.2, 0.25) is 0 Å². The van der Waals surface area contributed by atoms with Crippen LogP contribution in [0.1, 0.15) is 44.7 Å². The van der Waals surface area contributed by atoms with E-state index in [-0.39, 0.29) is 12.1 Å². The number of hydrogen-bond donors (Lipinski definition) is 1. The third kappa shape index (κ3) is 3.30. The quantitative estimate of drug-likeness (QED) is 0.868. The predicted molar refractivity (Wildman–Crippen MR) is 83.3 cm³/mol. The van der Waals surface area contributed by atoms with Crippen LogP contribution in [0.3, 0.4) is 0 Å². The van der Waals surface area contributed by atoms with Gasteiger partial charge in [0, 0.05) is 30.9 Å². The van der Waals surface area contributed by atoms with E-state index in [1.165, 1.54) is 24.9 Å². The first-order valence-corrected chi connectivity index (χ1v) is 8.43. The Morgan fingerprint density at radius 2 is 2.38 bits per heavy atom. The van der Waals surface area contributed by atoms with Crippen LogP contribution in [-0.4, -0.2) is 53.1 Å². The van der Waals surface area contributed by atoms with Crippen LogP contribution in [0.2, 0.25) is 0 Å². The lowest BCUT2D eigenvalue weighted by molar-refractivity contribution is -0.0652. The fourth-order valence-corrected chi connectivity index (χ4v) is 3.52. The highest BCUT2D eigenvalue weighted by Crippen LogP contribution is 2.28. The SMILES string of the molecule is CCCNC(c1cnn(CC)c1)C1CN2CCCC2CO1. The molecule has 5 heteroatoms. The topological polar surface area (TPSA) is 42.3 Å². The van der Waals surface area contributed by atoms with E-state index in [0.717, 1.165) is 32.7 Å². The molecule has 3 rings (SSSR count). The third-order valence-corrected chi connectivity index (χ3v) is 4.74. The van der Waals surface area contributed by atoms with Gasteiger partial charge in [-0.25, -0.2) is 0 Å². The van der Waals surface area contributed by atoms with Crippen LogP contribution in [0.4, 0.5) is 0 Å². The monoisotopic (exact) mass is 292 g/mol. The molecule has 3 heterocycles. The first-order valence-electron chi connectivity index (χ1n) is 8.43. The van der Waals surface area contributed by atoms with Gasteiger partial charge in [0.15, 0.2) is 0 Å². The van der Waals surface area contributed by atoms with Gasteiger partial charge in [-0.2, -0.15) is 5.10 Å². The Kier molecular flexibility index (Phi) is 4.93. The second-order valence-electron chi connectivity index (χ2n) is 6.22. The minimum Gasteiger partial charge on any atom is -0.373 e. The number of morpholine rings is 1. The first kappa shape index (κ1) is 15.0. The van der Waals surface area contributed by atoms with Crippen LogP contribution in [0.25, 0.3) is 0 Å². The van der Waals surface area contributed by atoms with E-state index in [1.807, 2.05) is 10.9 Å². The molecule has 3 unspecified atom stereocenters. The van der Waals surface area contributed by atoms with Gasteiger partial charge in [-0.05, 0) is 39.3 Å². The summed E-state index contributed by atoms with van der Waals surface area (Å²) in [6.45, 7) is 9.43. The molecule has 21 heavy (non-hydrogen) atoms. The van der Waals surface area contributed by atoms with E-state index in [0.29, 0.717) is 6.04 Å². The van der Waals surface area contributed by atoms with E-state index in [2.05, 4.69) is 35.4 Å². The molecular formula is C16H28N4O. The number of aryl methyl sites for hydroxylation is 1. The van der Waals surface area contributed by atoms with Crippen LogP contribution in [0.5, 0.6) is 0 Å². The summed E-state index contributed by atoms with van der Waals surface area (Å²) >= 11 is 0. The number of hydrogen-bond acceptors (Lipinski definition) is 4. The largest absolute Gasteiger partial charge is 0.373 e. The van der Waals surface area contributed by atoms with Gasteiger partial charge >= 0.3 is 0 Å². The summed E-state index contributed by atoms with van der Waals surface area (Å²) in [5.41, 5.74) is 1.26. The summed E-state index contributed by atoms with van der Waals surface area (Å²) in [5, 5.41) is 8.10. The molecule has 0 aliphatic carbocycles. The lowest BCUT2D eigenvalue weighted by atomic mass is 10.0. The van der Waals surface area contributed by atoms with Gasteiger partial charge in [0.05, 0.1) is 24.9 Å². The van der Waals surface area contributed by atoms with E-state index in [4.69, 9.17) is 4.74 Å². The molecule has 0 bridgehead atoms. The zero-order valence-corrected chi connectivity index (χ0v) is 13.3. The molecule has 2 saturated heterocycles. The highest BCUT2D eigenvalue weighted by molar-refractivity contribution is 5.13. The Bertz CT molecular complexity index is 447. The number of fused-ring (bicyclic) bond motifs is 1. The first-order chi connectivity index (χ1) is 10.3. The highest BCUT2D eigenvalue weighted by atomic mass is 16.5. The molecule has 2 fully saturated rings. The fraction of sp³-hybridized carbons (Fsp3) is 0.812. The average Bonchev–Trinajstić information content (AvgIpc) is 3.16. The number of nitrogens with zero attached hydrogens (tertiary/aromatic N) is 3. The number of aromatic nitrogens is 2. The Balaban J connectivity index is 1.72. The molecule has 2 aliphatic rings. The van der Waals surface area contributed by atoms with Crippen LogP contribution in [0.15, 0.2) is 12.4 Å². The number of ether oxygens (including phenoxy) is 1. The Morgan fingerprint density at radius 1 is 1.48 bits per heavy atom. The van der Waals surface area contributed by atoms with Crippen LogP contribution >= 0.6 is 0 Å². The molecule has 118 valence electrons. The van der Waals surface area contributed by atoms with Crippen molar-refractivity contribution in [3.8, 4) is 0 Å². The van der Waals surface area contributed by atoms with Crippen molar-refractivity contribution < 1.29 is 4.74 Å². The summed E-state index contributed by atoms with van der Waals surface area (Å²) in [4.78, 5) is 2.61.